The van der Waals surface area contributed by atoms with Crippen molar-refractivity contribution in [2.45, 2.75) is 6.54 Å². The zero-order valence-corrected chi connectivity index (χ0v) is 12.5. The number of nitrogens with zero attached hydrogens (tertiary/aromatic N) is 2. The Kier molecular flexibility index (Phi) is 3.31. The Bertz CT molecular complexity index is 795. The van der Waals surface area contributed by atoms with E-state index in [0.29, 0.717) is 11.0 Å². The van der Waals surface area contributed by atoms with Gasteiger partial charge in [0.25, 0.3) is 0 Å². The first kappa shape index (κ1) is 13.3. The standard InChI is InChI=1S/C15H13BrFN3/c1-20-14-6-9(8-18)2-5-13(14)19-15(20)10-3-4-12(17)11(16)7-10/h2-7H,8,18H2,1H3. The molecule has 0 unspecified atom stereocenters. The number of aryl methyl sites for hydroxylation is 1. The summed E-state index contributed by atoms with van der Waals surface area (Å²) in [5.41, 5.74) is 9.52. The van der Waals surface area contributed by atoms with Crippen molar-refractivity contribution in [3.63, 3.8) is 0 Å². The number of aromatic nitrogens is 2. The summed E-state index contributed by atoms with van der Waals surface area (Å²) in [5.74, 6) is 0.521. The molecule has 20 heavy (non-hydrogen) atoms. The van der Waals surface area contributed by atoms with Crippen LogP contribution in [0.3, 0.4) is 0 Å². The zero-order chi connectivity index (χ0) is 14.3. The summed E-state index contributed by atoms with van der Waals surface area (Å²) in [7, 11) is 1.95. The Morgan fingerprint density at radius 3 is 2.75 bits per heavy atom. The minimum absolute atomic E-state index is 0.280. The predicted molar refractivity (Wildman–Crippen MR) is 81.7 cm³/mol. The highest BCUT2D eigenvalue weighted by molar-refractivity contribution is 9.10. The monoisotopic (exact) mass is 333 g/mol. The highest BCUT2D eigenvalue weighted by Crippen LogP contribution is 2.27. The Morgan fingerprint density at radius 2 is 2.05 bits per heavy atom. The number of hydrogen-bond acceptors (Lipinski definition) is 2. The average molecular weight is 334 g/mol. The van der Waals surface area contributed by atoms with Gasteiger partial charge in [-0.2, -0.15) is 0 Å². The van der Waals surface area contributed by atoms with Crippen molar-refractivity contribution in [2.24, 2.45) is 12.8 Å². The number of fused-ring (bicyclic) bond motifs is 1. The lowest BCUT2D eigenvalue weighted by atomic mass is 10.2. The minimum Gasteiger partial charge on any atom is -0.327 e. The summed E-state index contributed by atoms with van der Waals surface area (Å²) >= 11 is 3.21. The molecule has 2 N–H and O–H groups in total. The van der Waals surface area contributed by atoms with Gasteiger partial charge < -0.3 is 10.3 Å². The first-order valence-electron chi connectivity index (χ1n) is 6.21. The summed E-state index contributed by atoms with van der Waals surface area (Å²) in [6, 6.07) is 10.9. The van der Waals surface area contributed by atoms with E-state index in [0.717, 1.165) is 28.0 Å². The van der Waals surface area contributed by atoms with Crippen molar-refractivity contribution in [2.75, 3.05) is 0 Å². The molecule has 0 bridgehead atoms. The molecule has 1 heterocycles. The third kappa shape index (κ3) is 2.13. The second kappa shape index (κ2) is 5.00. The lowest BCUT2D eigenvalue weighted by Crippen LogP contribution is -1.97. The SMILES string of the molecule is Cn1c(-c2ccc(F)c(Br)c2)nc2ccc(CN)cc21. The van der Waals surface area contributed by atoms with E-state index in [-0.39, 0.29) is 5.82 Å². The Labute approximate surface area is 124 Å². The molecule has 1 aromatic heterocycles. The summed E-state index contributed by atoms with van der Waals surface area (Å²) < 4.78 is 15.8. The number of benzene rings is 2. The van der Waals surface area contributed by atoms with Crippen LogP contribution in [0.25, 0.3) is 22.4 Å². The molecule has 3 aromatic rings. The van der Waals surface area contributed by atoms with Crippen molar-refractivity contribution in [1.82, 2.24) is 9.55 Å². The van der Waals surface area contributed by atoms with Crippen molar-refractivity contribution in [3.05, 3.63) is 52.3 Å². The maximum absolute atomic E-state index is 13.3. The molecule has 3 nitrogen and oxygen atoms in total. The Balaban J connectivity index is 2.21. The van der Waals surface area contributed by atoms with Gasteiger partial charge in [0.1, 0.15) is 11.6 Å². The quantitative estimate of drug-likeness (QED) is 0.778. The highest BCUT2D eigenvalue weighted by atomic mass is 79.9. The molecule has 0 fully saturated rings. The molecule has 0 atom stereocenters. The van der Waals surface area contributed by atoms with Gasteiger partial charge in [-0.05, 0) is 51.8 Å². The van der Waals surface area contributed by atoms with E-state index in [1.165, 1.54) is 6.07 Å². The van der Waals surface area contributed by atoms with Crippen molar-refractivity contribution in [1.29, 1.82) is 0 Å². The molecule has 3 rings (SSSR count). The smallest absolute Gasteiger partial charge is 0.140 e. The van der Waals surface area contributed by atoms with E-state index in [1.54, 1.807) is 12.1 Å². The molecule has 102 valence electrons. The number of halogens is 2. The number of imidazole rings is 1. The summed E-state index contributed by atoms with van der Waals surface area (Å²) in [4.78, 5) is 4.61. The van der Waals surface area contributed by atoms with Gasteiger partial charge in [-0.25, -0.2) is 9.37 Å². The van der Waals surface area contributed by atoms with Gasteiger partial charge in [-0.3, -0.25) is 0 Å². The maximum Gasteiger partial charge on any atom is 0.140 e. The molecule has 0 aliphatic carbocycles. The lowest BCUT2D eigenvalue weighted by Gasteiger charge is -2.04. The molecule has 0 aliphatic rings. The van der Waals surface area contributed by atoms with Crippen molar-refractivity contribution >= 4 is 27.0 Å². The second-order valence-corrected chi connectivity index (χ2v) is 5.50. The van der Waals surface area contributed by atoms with Gasteiger partial charge in [0.05, 0.1) is 15.5 Å². The third-order valence-electron chi connectivity index (χ3n) is 3.36. The van der Waals surface area contributed by atoms with Crippen LogP contribution in [-0.4, -0.2) is 9.55 Å². The summed E-state index contributed by atoms with van der Waals surface area (Å²) in [5, 5.41) is 0. The molecule has 0 aliphatic heterocycles. The Hall–Kier alpha value is -1.72. The molecule has 5 heteroatoms. The molecule has 0 saturated heterocycles. The maximum atomic E-state index is 13.3. The van der Waals surface area contributed by atoms with Crippen LogP contribution in [-0.2, 0) is 13.6 Å². The fraction of sp³-hybridized carbons (Fsp3) is 0.133. The molecule has 0 radical (unpaired) electrons. The fourth-order valence-electron chi connectivity index (χ4n) is 2.26. The van der Waals surface area contributed by atoms with Gasteiger partial charge in [0.2, 0.25) is 0 Å². The van der Waals surface area contributed by atoms with Gasteiger partial charge >= 0.3 is 0 Å². The van der Waals surface area contributed by atoms with E-state index < -0.39 is 0 Å². The van der Waals surface area contributed by atoms with Gasteiger partial charge in [0.15, 0.2) is 0 Å². The first-order chi connectivity index (χ1) is 9.60. The summed E-state index contributed by atoms with van der Waals surface area (Å²) in [6.07, 6.45) is 0. The van der Waals surface area contributed by atoms with Crippen LogP contribution >= 0.6 is 15.9 Å². The van der Waals surface area contributed by atoms with Crippen LogP contribution < -0.4 is 5.73 Å². The molecule has 0 saturated carbocycles. The van der Waals surface area contributed by atoms with E-state index in [1.807, 2.05) is 29.8 Å². The summed E-state index contributed by atoms with van der Waals surface area (Å²) in [6.45, 7) is 0.499. The van der Waals surface area contributed by atoms with Crippen LogP contribution in [0.2, 0.25) is 0 Å². The van der Waals surface area contributed by atoms with E-state index in [2.05, 4.69) is 20.9 Å². The molecule has 2 aromatic carbocycles. The van der Waals surface area contributed by atoms with Crippen molar-refractivity contribution < 1.29 is 4.39 Å². The fourth-order valence-corrected chi connectivity index (χ4v) is 2.63. The number of hydrogen-bond donors (Lipinski definition) is 1. The van der Waals surface area contributed by atoms with Crippen LogP contribution in [0.15, 0.2) is 40.9 Å². The minimum atomic E-state index is -0.280. The first-order valence-corrected chi connectivity index (χ1v) is 7.00. The van der Waals surface area contributed by atoms with Crippen LogP contribution in [0.1, 0.15) is 5.56 Å². The highest BCUT2D eigenvalue weighted by Gasteiger charge is 2.11. The molecular formula is C15H13BrFN3. The van der Waals surface area contributed by atoms with Crippen LogP contribution in [0, 0.1) is 5.82 Å². The third-order valence-corrected chi connectivity index (χ3v) is 3.97. The molecule has 0 spiro atoms. The van der Waals surface area contributed by atoms with Crippen LogP contribution in [0.5, 0.6) is 0 Å². The second-order valence-electron chi connectivity index (χ2n) is 4.65. The van der Waals surface area contributed by atoms with E-state index >= 15 is 0 Å². The zero-order valence-electron chi connectivity index (χ0n) is 10.9. The van der Waals surface area contributed by atoms with Gasteiger partial charge in [0, 0.05) is 19.2 Å². The lowest BCUT2D eigenvalue weighted by molar-refractivity contribution is 0.621. The largest absolute Gasteiger partial charge is 0.327 e. The van der Waals surface area contributed by atoms with E-state index in [9.17, 15) is 4.39 Å². The normalized spacial score (nSPS) is 11.2. The van der Waals surface area contributed by atoms with Crippen molar-refractivity contribution in [3.8, 4) is 11.4 Å². The topological polar surface area (TPSA) is 43.8 Å². The van der Waals surface area contributed by atoms with Gasteiger partial charge in [-0.1, -0.05) is 6.07 Å². The molecular weight excluding hydrogens is 321 g/mol. The number of nitrogens with two attached hydrogens (primary N) is 1. The van der Waals surface area contributed by atoms with Gasteiger partial charge in [-0.15, -0.1) is 0 Å². The predicted octanol–water partition coefficient (Wildman–Crippen LogP) is 3.60. The average Bonchev–Trinajstić information content (AvgIpc) is 2.79. The number of rotatable bonds is 2. The van der Waals surface area contributed by atoms with Crippen LogP contribution in [0.4, 0.5) is 4.39 Å². The van der Waals surface area contributed by atoms with E-state index in [4.69, 9.17) is 5.73 Å². The Morgan fingerprint density at radius 1 is 1.25 bits per heavy atom. The molecule has 0 amide bonds.